The molecule has 0 atom stereocenters. The molecule has 0 amide bonds. The fourth-order valence-corrected chi connectivity index (χ4v) is 3.59. The number of fused-ring (bicyclic) bond motifs is 1. The topological polar surface area (TPSA) is 97.5 Å². The highest BCUT2D eigenvalue weighted by molar-refractivity contribution is 5.84. The van der Waals surface area contributed by atoms with Crippen molar-refractivity contribution in [1.29, 1.82) is 0 Å². The van der Waals surface area contributed by atoms with Gasteiger partial charge in [-0.2, -0.15) is 4.98 Å². The summed E-state index contributed by atoms with van der Waals surface area (Å²) in [4.78, 5) is 36.1. The summed E-state index contributed by atoms with van der Waals surface area (Å²) < 4.78 is 31.8. The molecule has 1 N–H and O–H groups in total. The van der Waals surface area contributed by atoms with E-state index >= 15 is 0 Å². The Bertz CT molecular complexity index is 997. The summed E-state index contributed by atoms with van der Waals surface area (Å²) in [5, 5.41) is 4.17. The van der Waals surface area contributed by atoms with Gasteiger partial charge >= 0.3 is 11.6 Å². The van der Waals surface area contributed by atoms with Crippen molar-refractivity contribution < 1.29 is 18.0 Å². The molecule has 1 fully saturated rings. The first-order chi connectivity index (χ1) is 13.8. The summed E-state index contributed by atoms with van der Waals surface area (Å²) in [6, 6.07) is 1.12. The van der Waals surface area contributed by atoms with Crippen LogP contribution >= 0.6 is 0 Å². The van der Waals surface area contributed by atoms with E-state index in [0.29, 0.717) is 43.4 Å². The Hall–Kier alpha value is -2.58. The van der Waals surface area contributed by atoms with Gasteiger partial charge < -0.3 is 9.25 Å². The van der Waals surface area contributed by atoms with E-state index in [0.717, 1.165) is 26.2 Å². The van der Waals surface area contributed by atoms with Gasteiger partial charge in [-0.1, -0.05) is 24.9 Å². The predicted molar refractivity (Wildman–Crippen MR) is 105 cm³/mol. The molecule has 0 unspecified atom stereocenters. The number of nitrogens with zero attached hydrogens (tertiary/aromatic N) is 2. The summed E-state index contributed by atoms with van der Waals surface area (Å²) in [5.41, 5.74) is 0.0587. The Morgan fingerprint density at radius 2 is 2.03 bits per heavy atom. The molecule has 158 valence electrons. The number of unbranched alkanes of at least 4 members (excludes halogenated alkanes) is 2. The van der Waals surface area contributed by atoms with Crippen molar-refractivity contribution in [2.75, 3.05) is 0 Å². The number of halogens is 2. The molecule has 1 aliphatic carbocycles. The van der Waals surface area contributed by atoms with Crippen LogP contribution < -0.4 is 16.0 Å². The zero-order valence-corrected chi connectivity index (χ0v) is 16.6. The number of hydrogen-bond donors (Lipinski definition) is 1. The zero-order valence-electron chi connectivity index (χ0n) is 16.6. The van der Waals surface area contributed by atoms with Gasteiger partial charge in [0, 0.05) is 12.0 Å². The number of oxime groups is 1. The highest BCUT2D eigenvalue weighted by Crippen LogP contribution is 2.35. The van der Waals surface area contributed by atoms with Crippen LogP contribution in [0.3, 0.4) is 0 Å². The molecule has 2 aromatic heterocycles. The maximum Gasteiger partial charge on any atom is 0.337 e. The normalized spacial score (nSPS) is 17.5. The van der Waals surface area contributed by atoms with Crippen LogP contribution in [0.25, 0.3) is 11.1 Å². The molecule has 9 heteroatoms. The molecule has 2 aromatic rings. The van der Waals surface area contributed by atoms with Crippen molar-refractivity contribution in [2.24, 2.45) is 11.1 Å². The van der Waals surface area contributed by atoms with Crippen LogP contribution in [0.1, 0.15) is 64.4 Å². The number of hydrogen-bond acceptors (Lipinski definition) is 6. The maximum absolute atomic E-state index is 13.4. The van der Waals surface area contributed by atoms with Crippen molar-refractivity contribution >= 4 is 16.8 Å². The fourth-order valence-electron chi connectivity index (χ4n) is 3.59. The maximum atomic E-state index is 13.4. The van der Waals surface area contributed by atoms with Crippen molar-refractivity contribution in [1.82, 2.24) is 9.97 Å². The van der Waals surface area contributed by atoms with Gasteiger partial charge in [0.1, 0.15) is 5.39 Å². The third-order valence-electron chi connectivity index (χ3n) is 5.27. The van der Waals surface area contributed by atoms with Crippen LogP contribution in [-0.4, -0.2) is 21.6 Å². The van der Waals surface area contributed by atoms with E-state index in [9.17, 15) is 18.4 Å². The van der Waals surface area contributed by atoms with Gasteiger partial charge in [0.2, 0.25) is 11.6 Å². The van der Waals surface area contributed by atoms with E-state index < -0.39 is 23.0 Å². The molecule has 0 bridgehead atoms. The second-order valence-electron chi connectivity index (χ2n) is 7.58. The largest absolute Gasteiger partial charge is 0.403 e. The standard InChI is InChI=1S/C20H25F2N3O4/c1-3-4-5-6-12-11-15(26)28-18-16(12)17(27)23-19(24-18)29-25-14-9-7-13(8-10-14)20(2,21)22/h11,13H,3-10H2,1-2H3,(H,23,24,27). The molecule has 2 heterocycles. The smallest absolute Gasteiger partial charge is 0.337 e. The molecular weight excluding hydrogens is 384 g/mol. The number of rotatable bonds is 7. The molecule has 0 saturated heterocycles. The molecule has 3 rings (SSSR count). The fraction of sp³-hybridized carbons (Fsp3) is 0.600. The number of aryl methyl sites for hydroxylation is 1. The third kappa shape index (κ3) is 5.27. The minimum absolute atomic E-state index is 0.0997. The van der Waals surface area contributed by atoms with E-state index in [1.54, 1.807) is 0 Å². The molecule has 0 spiro atoms. The molecule has 1 aliphatic rings. The van der Waals surface area contributed by atoms with E-state index in [4.69, 9.17) is 9.25 Å². The Labute approximate surface area is 166 Å². The van der Waals surface area contributed by atoms with Crippen LogP contribution in [0.2, 0.25) is 0 Å². The number of aromatic nitrogens is 2. The first-order valence-corrected chi connectivity index (χ1v) is 9.95. The van der Waals surface area contributed by atoms with E-state index in [2.05, 4.69) is 22.0 Å². The summed E-state index contributed by atoms with van der Waals surface area (Å²) in [5.74, 6) is -3.37. The lowest BCUT2D eigenvalue weighted by atomic mass is 9.84. The van der Waals surface area contributed by atoms with E-state index in [1.165, 1.54) is 6.07 Å². The van der Waals surface area contributed by atoms with Crippen molar-refractivity contribution in [2.45, 2.75) is 71.1 Å². The number of aromatic amines is 1. The average molecular weight is 409 g/mol. The molecular formula is C20H25F2N3O4. The first kappa shape index (κ1) is 21.1. The number of alkyl halides is 2. The van der Waals surface area contributed by atoms with E-state index in [1.807, 2.05) is 0 Å². The van der Waals surface area contributed by atoms with Crippen molar-refractivity contribution in [3.8, 4) is 6.01 Å². The number of H-pyrrole nitrogens is 1. The quantitative estimate of drug-likeness (QED) is 0.546. The van der Waals surface area contributed by atoms with Gasteiger partial charge in [-0.05, 0) is 51.0 Å². The Morgan fingerprint density at radius 1 is 1.31 bits per heavy atom. The van der Waals surface area contributed by atoms with Crippen molar-refractivity contribution in [3.05, 3.63) is 32.4 Å². The molecule has 0 aromatic carbocycles. The first-order valence-electron chi connectivity index (χ1n) is 9.95. The van der Waals surface area contributed by atoms with E-state index in [-0.39, 0.29) is 17.1 Å². The number of nitrogens with one attached hydrogen (secondary N) is 1. The second kappa shape index (κ2) is 8.84. The van der Waals surface area contributed by atoms with Crippen LogP contribution in [0.4, 0.5) is 8.78 Å². The minimum atomic E-state index is -2.70. The highest BCUT2D eigenvalue weighted by atomic mass is 19.3. The lowest BCUT2D eigenvalue weighted by Gasteiger charge is -2.27. The third-order valence-corrected chi connectivity index (χ3v) is 5.27. The summed E-state index contributed by atoms with van der Waals surface area (Å²) >= 11 is 0. The molecule has 1 saturated carbocycles. The second-order valence-corrected chi connectivity index (χ2v) is 7.58. The Kier molecular flexibility index (Phi) is 6.44. The molecule has 7 nitrogen and oxygen atoms in total. The van der Waals surface area contributed by atoms with Gasteiger partial charge in [0.05, 0.1) is 5.71 Å². The Morgan fingerprint density at radius 3 is 2.69 bits per heavy atom. The monoisotopic (exact) mass is 409 g/mol. The predicted octanol–water partition coefficient (Wildman–Crippen LogP) is 4.19. The Balaban J connectivity index is 1.78. The zero-order chi connectivity index (χ0) is 21.0. The average Bonchev–Trinajstić information content (AvgIpc) is 2.65. The lowest BCUT2D eigenvalue weighted by molar-refractivity contribution is -0.0468. The van der Waals surface area contributed by atoms with Crippen LogP contribution in [-0.2, 0) is 6.42 Å². The van der Waals surface area contributed by atoms with Crippen LogP contribution in [0.15, 0.2) is 25.2 Å². The van der Waals surface area contributed by atoms with Gasteiger partial charge in [-0.25, -0.2) is 13.6 Å². The lowest BCUT2D eigenvalue weighted by Crippen LogP contribution is -2.29. The van der Waals surface area contributed by atoms with Gasteiger partial charge in [0.15, 0.2) is 0 Å². The summed E-state index contributed by atoms with van der Waals surface area (Å²) in [7, 11) is 0. The van der Waals surface area contributed by atoms with Crippen LogP contribution in [0, 0.1) is 5.92 Å². The van der Waals surface area contributed by atoms with Gasteiger partial charge in [0.25, 0.3) is 5.56 Å². The molecule has 29 heavy (non-hydrogen) atoms. The van der Waals surface area contributed by atoms with Crippen LogP contribution in [0.5, 0.6) is 6.01 Å². The summed E-state index contributed by atoms with van der Waals surface area (Å²) in [6.07, 6.45) is 4.85. The summed E-state index contributed by atoms with van der Waals surface area (Å²) in [6.45, 7) is 3.00. The minimum Gasteiger partial charge on any atom is -0.403 e. The highest BCUT2D eigenvalue weighted by Gasteiger charge is 2.36. The SMILES string of the molecule is CCCCCc1cc(=O)oc2nc(ON=C3CCC(C(C)(F)F)CC3)[nH]c(=O)c12. The van der Waals surface area contributed by atoms with Gasteiger partial charge in [-0.15, -0.1) is 0 Å². The van der Waals surface area contributed by atoms with Gasteiger partial charge in [-0.3, -0.25) is 9.78 Å². The molecule has 0 radical (unpaired) electrons. The van der Waals surface area contributed by atoms with Crippen molar-refractivity contribution in [3.63, 3.8) is 0 Å². The molecule has 0 aliphatic heterocycles.